The van der Waals surface area contributed by atoms with Gasteiger partial charge in [-0.2, -0.15) is 5.10 Å². The van der Waals surface area contributed by atoms with Gasteiger partial charge in [-0.25, -0.2) is 0 Å². The maximum atomic E-state index is 10.2. The number of methoxy groups -OCH3 is 2. The molecule has 0 aromatic heterocycles. The third-order valence-electron chi connectivity index (χ3n) is 6.33. The highest BCUT2D eigenvalue weighted by atomic mass is 32.1. The highest BCUT2D eigenvalue weighted by molar-refractivity contribution is 7.80. The zero-order valence-electron chi connectivity index (χ0n) is 15.8. The van der Waals surface area contributed by atoms with E-state index in [0.717, 1.165) is 17.8 Å². The molecular formula is C20H27N3O3S. The van der Waals surface area contributed by atoms with Crippen LogP contribution in [0.3, 0.4) is 0 Å². The van der Waals surface area contributed by atoms with Crippen molar-refractivity contribution in [2.24, 2.45) is 22.9 Å². The lowest BCUT2D eigenvalue weighted by Gasteiger charge is -2.57. The van der Waals surface area contributed by atoms with Crippen molar-refractivity contribution in [3.8, 4) is 17.2 Å². The van der Waals surface area contributed by atoms with Crippen LogP contribution < -0.4 is 20.2 Å². The van der Waals surface area contributed by atoms with E-state index in [4.69, 9.17) is 21.7 Å². The number of nitrogens with one attached hydrogen (secondary N) is 2. The number of rotatable bonds is 5. The molecule has 4 aliphatic carbocycles. The van der Waals surface area contributed by atoms with E-state index in [1.807, 2.05) is 0 Å². The highest BCUT2D eigenvalue weighted by Crippen LogP contribution is 2.55. The van der Waals surface area contributed by atoms with E-state index in [0.29, 0.717) is 22.2 Å². The molecule has 5 rings (SSSR count). The van der Waals surface area contributed by atoms with Crippen LogP contribution in [-0.2, 0) is 0 Å². The molecule has 0 atom stereocenters. The fraction of sp³-hybridized carbons (Fsp3) is 0.600. The van der Waals surface area contributed by atoms with E-state index in [-0.39, 0.29) is 11.3 Å². The van der Waals surface area contributed by atoms with Gasteiger partial charge in [-0.15, -0.1) is 0 Å². The van der Waals surface area contributed by atoms with Crippen molar-refractivity contribution in [2.45, 2.75) is 44.1 Å². The SMILES string of the molecule is COc1cc(O)c(/C=N/NC(=S)NC23CC4CC(CC(C4)C2)C3)c(OC)c1. The summed E-state index contributed by atoms with van der Waals surface area (Å²) in [4.78, 5) is 0. The number of nitrogens with zero attached hydrogens (tertiary/aromatic N) is 1. The molecule has 0 radical (unpaired) electrons. The highest BCUT2D eigenvalue weighted by Gasteiger charge is 2.51. The Hall–Kier alpha value is -2.02. The molecule has 0 saturated heterocycles. The molecule has 1 aromatic rings. The average molecular weight is 390 g/mol. The summed E-state index contributed by atoms with van der Waals surface area (Å²) in [7, 11) is 3.08. The van der Waals surface area contributed by atoms with Crippen LogP contribution >= 0.6 is 12.2 Å². The standard InChI is InChI=1S/C20H27N3O3S/c1-25-15-6-17(24)16(18(7-15)26-2)11-21-23-19(27)22-20-8-12-3-13(9-20)5-14(4-12)10-20/h6-7,11-14,24H,3-5,8-10H2,1-2H3,(H2,22,23,27)/b21-11+. The number of phenolic OH excluding ortho intramolecular Hbond substituents is 1. The Morgan fingerprint density at radius 3 is 2.33 bits per heavy atom. The fourth-order valence-corrected chi connectivity index (χ4v) is 5.96. The number of hydrazone groups is 1. The summed E-state index contributed by atoms with van der Waals surface area (Å²) in [5, 5.41) is 18.5. The zero-order chi connectivity index (χ0) is 19.0. The number of hydrogen-bond acceptors (Lipinski definition) is 5. The molecule has 4 bridgehead atoms. The monoisotopic (exact) mass is 389 g/mol. The molecule has 0 unspecified atom stereocenters. The minimum Gasteiger partial charge on any atom is -0.507 e. The summed E-state index contributed by atoms with van der Waals surface area (Å²) in [6, 6.07) is 3.23. The van der Waals surface area contributed by atoms with Crippen LogP contribution in [0.2, 0.25) is 0 Å². The van der Waals surface area contributed by atoms with E-state index >= 15 is 0 Å². The first kappa shape index (κ1) is 18.3. The molecule has 6 nitrogen and oxygen atoms in total. The molecule has 4 aliphatic rings. The number of benzene rings is 1. The van der Waals surface area contributed by atoms with Gasteiger partial charge in [0.05, 0.1) is 26.0 Å². The molecule has 0 heterocycles. The van der Waals surface area contributed by atoms with Crippen molar-refractivity contribution < 1.29 is 14.6 Å². The fourth-order valence-electron chi connectivity index (χ4n) is 5.69. The molecule has 0 spiro atoms. The lowest BCUT2D eigenvalue weighted by molar-refractivity contribution is -0.0101. The van der Waals surface area contributed by atoms with Crippen LogP contribution in [-0.4, -0.2) is 36.2 Å². The smallest absolute Gasteiger partial charge is 0.187 e. The number of thiocarbonyl (C=S) groups is 1. The Balaban J connectivity index is 1.40. The van der Waals surface area contributed by atoms with Gasteiger partial charge in [0.15, 0.2) is 5.11 Å². The van der Waals surface area contributed by atoms with E-state index in [9.17, 15) is 5.11 Å². The average Bonchev–Trinajstić information content (AvgIpc) is 2.61. The molecule has 7 heteroatoms. The molecule has 27 heavy (non-hydrogen) atoms. The summed E-state index contributed by atoms with van der Waals surface area (Å²) in [6.07, 6.45) is 9.37. The summed E-state index contributed by atoms with van der Waals surface area (Å²) in [6.45, 7) is 0. The van der Waals surface area contributed by atoms with E-state index in [1.54, 1.807) is 6.07 Å². The Labute approximate surface area is 165 Å². The van der Waals surface area contributed by atoms with Gasteiger partial charge in [0.1, 0.15) is 17.2 Å². The van der Waals surface area contributed by atoms with Gasteiger partial charge in [-0.1, -0.05) is 0 Å². The molecule has 4 fully saturated rings. The largest absolute Gasteiger partial charge is 0.507 e. The summed E-state index contributed by atoms with van der Waals surface area (Å²) in [5.74, 6) is 3.62. The van der Waals surface area contributed by atoms with Crippen LogP contribution in [0.1, 0.15) is 44.1 Å². The maximum Gasteiger partial charge on any atom is 0.187 e. The zero-order valence-corrected chi connectivity index (χ0v) is 16.6. The van der Waals surface area contributed by atoms with Crippen LogP contribution in [0.25, 0.3) is 0 Å². The molecule has 0 amide bonds. The first-order valence-electron chi connectivity index (χ1n) is 9.56. The molecule has 4 saturated carbocycles. The van der Waals surface area contributed by atoms with Crippen molar-refractivity contribution in [3.63, 3.8) is 0 Å². The van der Waals surface area contributed by atoms with Gasteiger partial charge in [-0.05, 0) is 68.5 Å². The van der Waals surface area contributed by atoms with Crippen molar-refractivity contribution in [1.29, 1.82) is 0 Å². The Morgan fingerprint density at radius 2 is 1.78 bits per heavy atom. The van der Waals surface area contributed by atoms with Crippen molar-refractivity contribution >= 4 is 23.5 Å². The minimum atomic E-state index is 0.0386. The summed E-state index contributed by atoms with van der Waals surface area (Å²) < 4.78 is 10.4. The van der Waals surface area contributed by atoms with Gasteiger partial charge in [0.2, 0.25) is 0 Å². The van der Waals surface area contributed by atoms with Gasteiger partial charge in [-0.3, -0.25) is 5.43 Å². The van der Waals surface area contributed by atoms with Crippen LogP contribution in [0, 0.1) is 17.8 Å². The third kappa shape index (κ3) is 3.70. The van der Waals surface area contributed by atoms with Gasteiger partial charge < -0.3 is 19.9 Å². The molecular weight excluding hydrogens is 362 g/mol. The molecule has 146 valence electrons. The Morgan fingerprint density at radius 1 is 1.15 bits per heavy atom. The van der Waals surface area contributed by atoms with Gasteiger partial charge in [0, 0.05) is 17.7 Å². The maximum absolute atomic E-state index is 10.2. The molecule has 0 aliphatic heterocycles. The number of aromatic hydroxyl groups is 1. The van der Waals surface area contributed by atoms with Crippen molar-refractivity contribution in [3.05, 3.63) is 17.7 Å². The van der Waals surface area contributed by atoms with Crippen LogP contribution in [0.5, 0.6) is 17.2 Å². The lowest BCUT2D eigenvalue weighted by atomic mass is 9.53. The quantitative estimate of drug-likeness (QED) is 0.408. The predicted octanol–water partition coefficient (Wildman–Crippen LogP) is 3.18. The normalized spacial score (nSPS) is 31.1. The van der Waals surface area contributed by atoms with Crippen LogP contribution in [0.4, 0.5) is 0 Å². The van der Waals surface area contributed by atoms with Gasteiger partial charge in [0.25, 0.3) is 0 Å². The molecule has 3 N–H and O–H groups in total. The summed E-state index contributed by atoms with van der Waals surface area (Å²) in [5.41, 5.74) is 3.53. The van der Waals surface area contributed by atoms with E-state index in [2.05, 4.69) is 15.8 Å². The van der Waals surface area contributed by atoms with Crippen LogP contribution in [0.15, 0.2) is 17.2 Å². The number of phenols is 1. The first-order chi connectivity index (χ1) is 13.0. The van der Waals surface area contributed by atoms with E-state index in [1.165, 1.54) is 65.0 Å². The Kier molecular flexibility index (Phi) is 4.88. The topological polar surface area (TPSA) is 75.1 Å². The third-order valence-corrected chi connectivity index (χ3v) is 6.52. The Bertz CT molecular complexity index is 730. The minimum absolute atomic E-state index is 0.0386. The predicted molar refractivity (Wildman–Crippen MR) is 109 cm³/mol. The lowest BCUT2D eigenvalue weighted by Crippen LogP contribution is -2.61. The number of hydrogen-bond donors (Lipinski definition) is 3. The second-order valence-electron chi connectivity index (χ2n) is 8.28. The van der Waals surface area contributed by atoms with Gasteiger partial charge >= 0.3 is 0 Å². The molecule has 1 aromatic carbocycles. The second kappa shape index (κ2) is 7.19. The summed E-state index contributed by atoms with van der Waals surface area (Å²) >= 11 is 5.49. The second-order valence-corrected chi connectivity index (χ2v) is 8.69. The van der Waals surface area contributed by atoms with Crippen molar-refractivity contribution in [1.82, 2.24) is 10.7 Å². The number of ether oxygens (including phenoxy) is 2. The first-order valence-corrected chi connectivity index (χ1v) is 9.97. The van der Waals surface area contributed by atoms with Crippen molar-refractivity contribution in [2.75, 3.05) is 14.2 Å². The van der Waals surface area contributed by atoms with E-state index < -0.39 is 0 Å².